The minimum atomic E-state index is -0.699. The van der Waals surface area contributed by atoms with Crippen molar-refractivity contribution in [1.29, 1.82) is 0 Å². The summed E-state index contributed by atoms with van der Waals surface area (Å²) in [7, 11) is 0. The van der Waals surface area contributed by atoms with Crippen LogP contribution in [0.25, 0.3) is 0 Å². The minimum absolute atomic E-state index is 0.0705. The van der Waals surface area contributed by atoms with Gasteiger partial charge >= 0.3 is 6.09 Å². The van der Waals surface area contributed by atoms with E-state index in [4.69, 9.17) is 4.74 Å². The van der Waals surface area contributed by atoms with Crippen molar-refractivity contribution >= 4 is 35.2 Å². The summed E-state index contributed by atoms with van der Waals surface area (Å²) in [6, 6.07) is 16.4. The topological polar surface area (TPSA) is 117 Å². The van der Waals surface area contributed by atoms with Gasteiger partial charge in [-0.1, -0.05) is 42.5 Å². The minimum Gasteiger partial charge on any atom is -0.444 e. The maximum Gasteiger partial charge on any atom is 0.408 e. The van der Waals surface area contributed by atoms with Crippen LogP contribution in [0.5, 0.6) is 0 Å². The van der Waals surface area contributed by atoms with Crippen molar-refractivity contribution < 1.29 is 23.9 Å². The van der Waals surface area contributed by atoms with E-state index in [1.807, 2.05) is 30.3 Å². The Labute approximate surface area is 198 Å². The fraction of sp³-hybridized carbons (Fsp3) is 0.360. The highest BCUT2D eigenvalue weighted by atomic mass is 16.6. The van der Waals surface area contributed by atoms with Gasteiger partial charge in [-0.3, -0.25) is 14.4 Å². The molecule has 0 radical (unpaired) electrons. The molecule has 1 atom stereocenters. The van der Waals surface area contributed by atoms with Crippen LogP contribution in [0, 0.1) is 5.92 Å². The molecule has 0 aliphatic carbocycles. The zero-order chi connectivity index (χ0) is 24.7. The molecule has 2 aromatic carbocycles. The molecule has 9 nitrogen and oxygen atoms in total. The van der Waals surface area contributed by atoms with Crippen LogP contribution in [0.3, 0.4) is 0 Å². The van der Waals surface area contributed by atoms with Crippen LogP contribution in [-0.2, 0) is 25.7 Å². The number of carbonyl (C=O) groups is 4. The highest BCUT2D eigenvalue weighted by Gasteiger charge is 2.34. The number of ether oxygens (including phenoxy) is 1. The van der Waals surface area contributed by atoms with Crippen molar-refractivity contribution in [3.63, 3.8) is 0 Å². The van der Waals surface area contributed by atoms with Gasteiger partial charge in [0.1, 0.15) is 12.1 Å². The first-order valence-electron chi connectivity index (χ1n) is 11.1. The maximum atomic E-state index is 12.9. The fourth-order valence-electron chi connectivity index (χ4n) is 3.50. The van der Waals surface area contributed by atoms with E-state index in [9.17, 15) is 19.2 Å². The predicted molar refractivity (Wildman–Crippen MR) is 128 cm³/mol. The highest BCUT2D eigenvalue weighted by molar-refractivity contribution is 6.02. The van der Waals surface area contributed by atoms with E-state index < -0.39 is 23.5 Å². The molecule has 180 valence electrons. The highest BCUT2D eigenvalue weighted by Crippen LogP contribution is 2.25. The quantitative estimate of drug-likeness (QED) is 0.580. The largest absolute Gasteiger partial charge is 0.444 e. The van der Waals surface area contributed by atoms with Crippen LogP contribution in [0.1, 0.15) is 32.8 Å². The number of anilines is 2. The molecule has 1 unspecified atom stereocenters. The van der Waals surface area contributed by atoms with Crippen LogP contribution in [0.2, 0.25) is 0 Å². The number of hydrogen-bond acceptors (Lipinski definition) is 5. The summed E-state index contributed by atoms with van der Waals surface area (Å²) in [5, 5.41) is 7.88. The lowest BCUT2D eigenvalue weighted by atomic mass is 10.1. The molecule has 1 fully saturated rings. The smallest absolute Gasteiger partial charge is 0.408 e. The first kappa shape index (κ1) is 24.8. The molecule has 1 aliphatic heterocycles. The summed E-state index contributed by atoms with van der Waals surface area (Å²) in [5.41, 5.74) is 1.13. The monoisotopic (exact) mass is 466 g/mol. The number of nitrogens with one attached hydrogen (secondary N) is 3. The molecule has 34 heavy (non-hydrogen) atoms. The van der Waals surface area contributed by atoms with E-state index in [2.05, 4.69) is 16.0 Å². The zero-order valence-corrected chi connectivity index (χ0v) is 19.6. The third-order valence-corrected chi connectivity index (χ3v) is 5.05. The van der Waals surface area contributed by atoms with Gasteiger partial charge in [0.2, 0.25) is 17.7 Å². The van der Waals surface area contributed by atoms with Gasteiger partial charge in [-0.05, 0) is 38.5 Å². The normalized spacial score (nSPS) is 15.6. The number of alkyl carbamates (subject to hydrolysis) is 1. The summed E-state index contributed by atoms with van der Waals surface area (Å²) in [6.45, 7) is 5.68. The second-order valence-corrected chi connectivity index (χ2v) is 9.10. The Kier molecular flexibility index (Phi) is 7.88. The number of para-hydroxylation sites is 2. The van der Waals surface area contributed by atoms with Gasteiger partial charge in [0.15, 0.2) is 0 Å². The average molecular weight is 467 g/mol. The van der Waals surface area contributed by atoms with E-state index in [1.54, 1.807) is 49.9 Å². The van der Waals surface area contributed by atoms with Gasteiger partial charge in [-0.15, -0.1) is 0 Å². The molecule has 0 spiro atoms. The Morgan fingerprint density at radius 2 is 1.59 bits per heavy atom. The molecule has 0 saturated carbocycles. The summed E-state index contributed by atoms with van der Waals surface area (Å²) in [5.74, 6) is -1.33. The van der Waals surface area contributed by atoms with Gasteiger partial charge in [-0.2, -0.15) is 0 Å². The molecular weight excluding hydrogens is 436 g/mol. The van der Waals surface area contributed by atoms with Crippen molar-refractivity contribution in [3.05, 3.63) is 60.2 Å². The fourth-order valence-corrected chi connectivity index (χ4v) is 3.50. The number of likely N-dealkylation sites (tertiary alicyclic amines) is 1. The number of nitrogens with zero attached hydrogens (tertiary/aromatic N) is 1. The summed E-state index contributed by atoms with van der Waals surface area (Å²) in [4.78, 5) is 51.0. The van der Waals surface area contributed by atoms with Gasteiger partial charge in [0.05, 0.1) is 17.3 Å². The lowest BCUT2D eigenvalue weighted by Gasteiger charge is -2.19. The second kappa shape index (κ2) is 10.8. The summed E-state index contributed by atoms with van der Waals surface area (Å²) in [6.07, 6.45) is -0.567. The average Bonchev–Trinajstić information content (AvgIpc) is 3.13. The Morgan fingerprint density at radius 3 is 2.24 bits per heavy atom. The van der Waals surface area contributed by atoms with Gasteiger partial charge < -0.3 is 25.6 Å². The van der Waals surface area contributed by atoms with Gasteiger partial charge in [-0.25, -0.2) is 4.79 Å². The number of amides is 4. The molecule has 3 N–H and O–H groups in total. The second-order valence-electron chi connectivity index (χ2n) is 9.10. The summed E-state index contributed by atoms with van der Waals surface area (Å²) >= 11 is 0. The molecule has 0 aromatic heterocycles. The Bertz CT molecular complexity index is 1050. The van der Waals surface area contributed by atoms with Gasteiger partial charge in [0.25, 0.3) is 0 Å². The van der Waals surface area contributed by atoms with Crippen LogP contribution in [0.4, 0.5) is 16.2 Å². The van der Waals surface area contributed by atoms with Crippen LogP contribution < -0.4 is 16.0 Å². The molecule has 1 saturated heterocycles. The number of carbonyl (C=O) groups excluding carboxylic acids is 4. The molecule has 4 amide bonds. The lowest BCUT2D eigenvalue weighted by Crippen LogP contribution is -2.37. The first-order valence-corrected chi connectivity index (χ1v) is 11.1. The van der Waals surface area contributed by atoms with Crippen molar-refractivity contribution in [2.45, 2.75) is 39.3 Å². The number of rotatable bonds is 7. The molecule has 1 aliphatic rings. The third-order valence-electron chi connectivity index (χ3n) is 5.05. The van der Waals surface area contributed by atoms with E-state index >= 15 is 0 Å². The molecule has 1 heterocycles. The van der Waals surface area contributed by atoms with Crippen molar-refractivity contribution in [2.24, 2.45) is 5.92 Å². The Hall–Kier alpha value is -3.88. The van der Waals surface area contributed by atoms with Crippen molar-refractivity contribution in [2.75, 3.05) is 23.7 Å². The summed E-state index contributed by atoms with van der Waals surface area (Å²) < 4.78 is 5.11. The maximum absolute atomic E-state index is 12.9. The van der Waals surface area contributed by atoms with E-state index in [1.165, 1.54) is 0 Å². The molecular formula is C25H30N4O5. The van der Waals surface area contributed by atoms with Crippen LogP contribution >= 0.6 is 0 Å². The van der Waals surface area contributed by atoms with Crippen LogP contribution in [0.15, 0.2) is 54.6 Å². The molecule has 0 bridgehead atoms. The molecule has 2 aromatic rings. The van der Waals surface area contributed by atoms with Crippen molar-refractivity contribution in [3.8, 4) is 0 Å². The lowest BCUT2D eigenvalue weighted by molar-refractivity contribution is -0.128. The first-order chi connectivity index (χ1) is 16.1. The Balaban J connectivity index is 1.55. The molecule has 3 rings (SSSR count). The molecule has 9 heteroatoms. The zero-order valence-electron chi connectivity index (χ0n) is 19.6. The Morgan fingerprint density at radius 1 is 0.971 bits per heavy atom. The van der Waals surface area contributed by atoms with Gasteiger partial charge in [0, 0.05) is 19.5 Å². The standard InChI is InChI=1S/C25H30N4O5/c1-25(2,3)34-24(33)26-14-21(30)27-19-11-7-8-12-20(19)28-23(32)18-13-22(31)29(16-18)15-17-9-5-4-6-10-17/h4-12,18H,13-16H2,1-3H3,(H,26,33)(H,27,30)(H,28,32). The van der Waals surface area contributed by atoms with Crippen molar-refractivity contribution in [1.82, 2.24) is 10.2 Å². The third kappa shape index (κ3) is 7.33. The van der Waals surface area contributed by atoms with E-state index in [0.29, 0.717) is 24.5 Å². The SMILES string of the molecule is CC(C)(C)OC(=O)NCC(=O)Nc1ccccc1NC(=O)C1CC(=O)N(Cc2ccccc2)C1. The number of benzene rings is 2. The number of hydrogen-bond donors (Lipinski definition) is 3. The van der Waals surface area contributed by atoms with Crippen LogP contribution in [-0.4, -0.2) is 47.4 Å². The van der Waals surface area contributed by atoms with E-state index in [0.717, 1.165) is 5.56 Å². The van der Waals surface area contributed by atoms with E-state index in [-0.39, 0.29) is 24.8 Å². The predicted octanol–water partition coefficient (Wildman–Crippen LogP) is 3.14.